The van der Waals surface area contributed by atoms with E-state index < -0.39 is 0 Å². The van der Waals surface area contributed by atoms with Crippen molar-refractivity contribution in [3.05, 3.63) is 35.1 Å². The lowest BCUT2D eigenvalue weighted by Crippen LogP contribution is -2.30. The predicted octanol–water partition coefficient (Wildman–Crippen LogP) is 4.47. The van der Waals surface area contributed by atoms with Crippen LogP contribution in [0, 0.1) is 24.6 Å². The maximum Gasteiger partial charge on any atom is 0.123 e. The van der Waals surface area contributed by atoms with Gasteiger partial charge < -0.3 is 5.32 Å². The molecular weight excluding hydrogens is 225 g/mol. The molecule has 2 unspecified atom stereocenters. The number of benzene rings is 1. The summed E-state index contributed by atoms with van der Waals surface area (Å²) in [5, 5.41) is 3.55. The van der Waals surface area contributed by atoms with E-state index in [1.807, 2.05) is 6.92 Å². The Morgan fingerprint density at radius 2 is 1.83 bits per heavy atom. The Hall–Kier alpha value is -0.890. The topological polar surface area (TPSA) is 12.0 Å². The van der Waals surface area contributed by atoms with Gasteiger partial charge in [-0.25, -0.2) is 4.39 Å². The Morgan fingerprint density at radius 3 is 2.33 bits per heavy atom. The van der Waals surface area contributed by atoms with Crippen molar-refractivity contribution in [2.24, 2.45) is 11.8 Å². The van der Waals surface area contributed by atoms with Gasteiger partial charge in [0.1, 0.15) is 5.82 Å². The minimum atomic E-state index is -0.135. The minimum Gasteiger partial charge on any atom is -0.310 e. The first-order valence-electron chi connectivity index (χ1n) is 6.96. The number of hydrogen-bond acceptors (Lipinski definition) is 1. The van der Waals surface area contributed by atoms with E-state index in [1.54, 1.807) is 12.1 Å². The van der Waals surface area contributed by atoms with E-state index >= 15 is 0 Å². The third-order valence-corrected chi connectivity index (χ3v) is 3.62. The fourth-order valence-corrected chi connectivity index (χ4v) is 2.24. The zero-order valence-corrected chi connectivity index (χ0v) is 12.3. The summed E-state index contributed by atoms with van der Waals surface area (Å²) in [7, 11) is 0. The molecule has 0 aliphatic rings. The molecule has 0 amide bonds. The molecule has 2 atom stereocenters. The van der Waals surface area contributed by atoms with Crippen LogP contribution in [-0.2, 0) is 0 Å². The lowest BCUT2D eigenvalue weighted by molar-refractivity contribution is 0.303. The molecule has 0 heterocycles. The summed E-state index contributed by atoms with van der Waals surface area (Å²) in [5.74, 6) is 0.921. The van der Waals surface area contributed by atoms with Crippen molar-refractivity contribution in [1.82, 2.24) is 5.32 Å². The molecule has 102 valence electrons. The first-order valence-corrected chi connectivity index (χ1v) is 6.96. The van der Waals surface area contributed by atoms with Crippen LogP contribution in [0.4, 0.5) is 4.39 Å². The van der Waals surface area contributed by atoms with Gasteiger partial charge in [-0.2, -0.15) is 0 Å². The predicted molar refractivity (Wildman–Crippen MR) is 76.2 cm³/mol. The molecule has 18 heavy (non-hydrogen) atoms. The van der Waals surface area contributed by atoms with Crippen LogP contribution in [0.2, 0.25) is 0 Å². The average Bonchev–Trinajstić information content (AvgIpc) is 2.27. The van der Waals surface area contributed by atoms with Crippen molar-refractivity contribution >= 4 is 0 Å². The highest BCUT2D eigenvalue weighted by Crippen LogP contribution is 2.28. The monoisotopic (exact) mass is 251 g/mol. The van der Waals surface area contributed by atoms with Crippen LogP contribution in [-0.4, -0.2) is 6.54 Å². The highest BCUT2D eigenvalue weighted by molar-refractivity contribution is 5.26. The van der Waals surface area contributed by atoms with E-state index in [-0.39, 0.29) is 11.9 Å². The van der Waals surface area contributed by atoms with E-state index in [9.17, 15) is 4.39 Å². The quantitative estimate of drug-likeness (QED) is 0.786. The Bertz CT molecular complexity index is 353. The molecule has 0 radical (unpaired) electrons. The van der Waals surface area contributed by atoms with E-state index in [1.165, 1.54) is 0 Å². The fraction of sp³-hybridized carbons (Fsp3) is 0.625. The van der Waals surface area contributed by atoms with Gasteiger partial charge in [0.05, 0.1) is 0 Å². The number of nitrogens with one attached hydrogen (secondary N) is 1. The van der Waals surface area contributed by atoms with Gasteiger partial charge in [0.15, 0.2) is 0 Å². The van der Waals surface area contributed by atoms with Gasteiger partial charge in [0.2, 0.25) is 0 Å². The molecule has 0 bridgehead atoms. The van der Waals surface area contributed by atoms with Crippen molar-refractivity contribution in [2.75, 3.05) is 6.54 Å². The molecule has 1 rings (SSSR count). The third kappa shape index (κ3) is 4.09. The van der Waals surface area contributed by atoms with Crippen LogP contribution in [0.1, 0.15) is 51.3 Å². The molecule has 1 aromatic rings. The van der Waals surface area contributed by atoms with Crippen LogP contribution >= 0.6 is 0 Å². The van der Waals surface area contributed by atoms with Crippen LogP contribution in [0.15, 0.2) is 18.2 Å². The third-order valence-electron chi connectivity index (χ3n) is 3.62. The molecule has 0 fully saturated rings. The van der Waals surface area contributed by atoms with Gasteiger partial charge in [-0.3, -0.25) is 0 Å². The van der Waals surface area contributed by atoms with Gasteiger partial charge in [0.25, 0.3) is 0 Å². The molecule has 1 N–H and O–H groups in total. The molecule has 0 aromatic heterocycles. The maximum absolute atomic E-state index is 13.5. The van der Waals surface area contributed by atoms with E-state index in [0.29, 0.717) is 11.8 Å². The minimum absolute atomic E-state index is 0.135. The summed E-state index contributed by atoms with van der Waals surface area (Å²) >= 11 is 0. The summed E-state index contributed by atoms with van der Waals surface area (Å²) in [4.78, 5) is 0. The molecular formula is C16H26FN. The Balaban J connectivity index is 3.00. The summed E-state index contributed by atoms with van der Waals surface area (Å²) in [6, 6.07) is 5.58. The first-order chi connectivity index (χ1) is 8.45. The van der Waals surface area contributed by atoms with E-state index in [4.69, 9.17) is 0 Å². The lowest BCUT2D eigenvalue weighted by atomic mass is 9.85. The van der Waals surface area contributed by atoms with Crippen molar-refractivity contribution in [3.8, 4) is 0 Å². The van der Waals surface area contributed by atoms with Gasteiger partial charge >= 0.3 is 0 Å². The summed E-state index contributed by atoms with van der Waals surface area (Å²) in [6.07, 6.45) is 1.09. The van der Waals surface area contributed by atoms with Crippen LogP contribution in [0.25, 0.3) is 0 Å². The second-order valence-corrected chi connectivity index (χ2v) is 5.60. The normalized spacial score (nSPS) is 14.8. The number of rotatable bonds is 6. The van der Waals surface area contributed by atoms with Crippen molar-refractivity contribution in [3.63, 3.8) is 0 Å². The summed E-state index contributed by atoms with van der Waals surface area (Å²) in [5.41, 5.74) is 2.06. The fourth-order valence-electron chi connectivity index (χ4n) is 2.24. The molecule has 0 aliphatic heterocycles. The van der Waals surface area contributed by atoms with E-state index in [0.717, 1.165) is 24.1 Å². The van der Waals surface area contributed by atoms with Crippen molar-refractivity contribution in [2.45, 2.75) is 47.1 Å². The van der Waals surface area contributed by atoms with Gasteiger partial charge in [0, 0.05) is 6.04 Å². The van der Waals surface area contributed by atoms with Crippen molar-refractivity contribution in [1.29, 1.82) is 0 Å². The highest BCUT2D eigenvalue weighted by atomic mass is 19.1. The number of hydrogen-bond donors (Lipinski definition) is 1. The van der Waals surface area contributed by atoms with E-state index in [2.05, 4.69) is 39.1 Å². The van der Waals surface area contributed by atoms with Crippen molar-refractivity contribution < 1.29 is 4.39 Å². The maximum atomic E-state index is 13.5. The SMILES string of the molecule is CCCNC(c1cc(C)cc(F)c1)C(C)C(C)C. The molecule has 1 nitrogen and oxygen atoms in total. The zero-order valence-electron chi connectivity index (χ0n) is 12.3. The second kappa shape index (κ2) is 6.89. The largest absolute Gasteiger partial charge is 0.310 e. The second-order valence-electron chi connectivity index (χ2n) is 5.60. The molecule has 1 aromatic carbocycles. The Labute approximate surface area is 111 Å². The number of halogens is 1. The zero-order chi connectivity index (χ0) is 13.7. The first kappa shape index (κ1) is 15.2. The standard InChI is InChI=1S/C16H26FN/c1-6-7-18-16(13(5)11(2)3)14-8-12(4)9-15(17)10-14/h8-11,13,16,18H,6-7H2,1-5H3. The van der Waals surface area contributed by atoms with Crippen LogP contribution in [0.5, 0.6) is 0 Å². The molecule has 0 aliphatic carbocycles. The van der Waals surface area contributed by atoms with Gasteiger partial charge in [-0.15, -0.1) is 0 Å². The molecule has 0 saturated heterocycles. The molecule has 2 heteroatoms. The van der Waals surface area contributed by atoms with Crippen LogP contribution in [0.3, 0.4) is 0 Å². The summed E-state index contributed by atoms with van der Waals surface area (Å²) < 4.78 is 13.5. The number of aryl methyl sites for hydroxylation is 1. The Morgan fingerprint density at radius 1 is 1.17 bits per heavy atom. The average molecular weight is 251 g/mol. The van der Waals surface area contributed by atoms with Gasteiger partial charge in [-0.1, -0.05) is 33.8 Å². The molecule has 0 saturated carbocycles. The molecule has 0 spiro atoms. The lowest BCUT2D eigenvalue weighted by Gasteiger charge is -2.29. The smallest absolute Gasteiger partial charge is 0.123 e. The van der Waals surface area contributed by atoms with Crippen LogP contribution < -0.4 is 5.32 Å². The van der Waals surface area contributed by atoms with Gasteiger partial charge in [-0.05, 0) is 55.0 Å². The Kier molecular flexibility index (Phi) is 5.80. The summed E-state index contributed by atoms with van der Waals surface area (Å²) in [6.45, 7) is 11.7. The highest BCUT2D eigenvalue weighted by Gasteiger charge is 2.21.